The quantitative estimate of drug-likeness (QED) is 0.780. The monoisotopic (exact) mass is 358 g/mol. The van der Waals surface area contributed by atoms with E-state index in [2.05, 4.69) is 10.1 Å². The second kappa shape index (κ2) is 5.37. The van der Waals surface area contributed by atoms with Crippen molar-refractivity contribution in [2.24, 2.45) is 11.8 Å². The fourth-order valence-corrected chi connectivity index (χ4v) is 4.37. The Morgan fingerprint density at radius 2 is 1.80 bits per heavy atom. The second-order valence-corrected chi connectivity index (χ2v) is 7.09. The summed E-state index contributed by atoms with van der Waals surface area (Å²) in [6, 6.07) is 7.45. The number of carbonyl (C=O) groups is 2. The van der Waals surface area contributed by atoms with Gasteiger partial charge in [-0.2, -0.15) is 4.98 Å². The summed E-state index contributed by atoms with van der Waals surface area (Å²) in [5, 5.41) is 4.95. The zero-order valence-corrected chi connectivity index (χ0v) is 14.0. The number of hydrogen-bond donors (Lipinski definition) is 0. The van der Waals surface area contributed by atoms with Gasteiger partial charge in [0.05, 0.1) is 30.6 Å². The molecule has 4 heterocycles. The van der Waals surface area contributed by atoms with Crippen LogP contribution < -0.4 is 4.90 Å². The van der Waals surface area contributed by atoms with Crippen LogP contribution in [0.3, 0.4) is 0 Å². The first-order chi connectivity index (χ1) is 12.1. The molecule has 3 aliphatic heterocycles. The molecule has 3 fully saturated rings. The minimum absolute atomic E-state index is 0.135. The fourth-order valence-electron chi connectivity index (χ4n) is 4.17. The standard InChI is InChI=1S/C17H15ClN4O3/c18-10-4-2-1-3-9(10)7-21-8-19-17(20-21)22-15(23)13-11-5-6-12(25-11)14(13)16(22)24/h1-4,8,11-14H,5-7H2/t11-,12-,13+,14+/m1/s1. The van der Waals surface area contributed by atoms with E-state index in [1.165, 1.54) is 6.33 Å². The van der Waals surface area contributed by atoms with Crippen molar-refractivity contribution in [3.05, 3.63) is 41.2 Å². The summed E-state index contributed by atoms with van der Waals surface area (Å²) in [7, 11) is 0. The summed E-state index contributed by atoms with van der Waals surface area (Å²) >= 11 is 6.16. The lowest BCUT2D eigenvalue weighted by atomic mass is 9.81. The number of amides is 2. The van der Waals surface area contributed by atoms with Gasteiger partial charge in [0.1, 0.15) is 6.33 Å². The molecule has 3 aliphatic rings. The predicted molar refractivity (Wildman–Crippen MR) is 87.9 cm³/mol. The third kappa shape index (κ3) is 2.15. The SMILES string of the molecule is O=C1[C@@H]2[C@@H](C(=O)N1c1ncn(Cc3ccccc3Cl)n1)[C@H]1CC[C@H]2O1. The first-order valence-corrected chi connectivity index (χ1v) is 8.67. The number of carbonyl (C=O) groups excluding carboxylic acids is 2. The van der Waals surface area contributed by atoms with Gasteiger partial charge in [-0.15, -0.1) is 5.10 Å². The van der Waals surface area contributed by atoms with Crippen LogP contribution in [0, 0.1) is 11.8 Å². The van der Waals surface area contributed by atoms with Gasteiger partial charge in [0.15, 0.2) is 0 Å². The maximum absolute atomic E-state index is 12.7. The third-order valence-corrected chi connectivity index (χ3v) is 5.67. The van der Waals surface area contributed by atoms with Gasteiger partial charge in [-0.1, -0.05) is 29.8 Å². The molecule has 2 amide bonds. The van der Waals surface area contributed by atoms with Gasteiger partial charge < -0.3 is 4.74 Å². The van der Waals surface area contributed by atoms with Crippen LogP contribution in [0.1, 0.15) is 18.4 Å². The molecule has 0 saturated carbocycles. The molecule has 0 N–H and O–H groups in total. The van der Waals surface area contributed by atoms with Crippen molar-refractivity contribution >= 4 is 29.4 Å². The van der Waals surface area contributed by atoms with E-state index in [0.717, 1.165) is 23.3 Å². The Morgan fingerprint density at radius 1 is 1.12 bits per heavy atom. The van der Waals surface area contributed by atoms with Crippen LogP contribution >= 0.6 is 11.6 Å². The minimum atomic E-state index is -0.373. The highest BCUT2D eigenvalue weighted by molar-refractivity contribution is 6.31. The number of imide groups is 1. The number of anilines is 1. The number of ether oxygens (including phenoxy) is 1. The Balaban J connectivity index is 1.41. The first kappa shape index (κ1) is 15.0. The lowest BCUT2D eigenvalue weighted by Crippen LogP contribution is -2.35. The van der Waals surface area contributed by atoms with Crippen LogP contribution in [0.15, 0.2) is 30.6 Å². The Labute approximate surface area is 148 Å². The molecule has 128 valence electrons. The Morgan fingerprint density at radius 3 is 2.48 bits per heavy atom. The summed E-state index contributed by atoms with van der Waals surface area (Å²) in [5.41, 5.74) is 0.892. The molecule has 5 rings (SSSR count). The van der Waals surface area contributed by atoms with E-state index in [-0.39, 0.29) is 41.8 Å². The molecule has 25 heavy (non-hydrogen) atoms. The smallest absolute Gasteiger partial charge is 0.258 e. The van der Waals surface area contributed by atoms with Gasteiger partial charge in [-0.3, -0.25) is 9.59 Å². The topological polar surface area (TPSA) is 77.3 Å². The van der Waals surface area contributed by atoms with Gasteiger partial charge in [-0.05, 0) is 24.5 Å². The molecule has 0 aliphatic carbocycles. The van der Waals surface area contributed by atoms with Gasteiger partial charge in [0, 0.05) is 5.02 Å². The molecule has 0 unspecified atom stereocenters. The normalized spacial score (nSPS) is 30.4. The van der Waals surface area contributed by atoms with Crippen LogP contribution in [-0.4, -0.2) is 38.8 Å². The molecular formula is C17H15ClN4O3. The average molecular weight is 359 g/mol. The number of halogens is 1. The first-order valence-electron chi connectivity index (χ1n) is 8.29. The van der Waals surface area contributed by atoms with Crippen LogP contribution in [0.5, 0.6) is 0 Å². The summed E-state index contributed by atoms with van der Waals surface area (Å²) < 4.78 is 7.31. The molecule has 2 bridgehead atoms. The van der Waals surface area contributed by atoms with Gasteiger partial charge in [0.2, 0.25) is 11.8 Å². The average Bonchev–Trinajstić information content (AvgIpc) is 3.35. The van der Waals surface area contributed by atoms with Crippen LogP contribution in [-0.2, 0) is 20.9 Å². The van der Waals surface area contributed by atoms with Crippen molar-refractivity contribution < 1.29 is 14.3 Å². The minimum Gasteiger partial charge on any atom is -0.373 e. The molecular weight excluding hydrogens is 344 g/mol. The van der Waals surface area contributed by atoms with Crippen molar-refractivity contribution in [3.8, 4) is 0 Å². The van der Waals surface area contributed by atoms with Crippen molar-refractivity contribution in [3.63, 3.8) is 0 Å². The van der Waals surface area contributed by atoms with Crippen LogP contribution in [0.2, 0.25) is 5.02 Å². The van der Waals surface area contributed by atoms with Gasteiger partial charge in [0.25, 0.3) is 5.95 Å². The number of fused-ring (bicyclic) bond motifs is 5. The molecule has 4 atom stereocenters. The largest absolute Gasteiger partial charge is 0.373 e. The maximum atomic E-state index is 12.7. The van der Waals surface area contributed by atoms with Crippen LogP contribution in [0.4, 0.5) is 5.95 Å². The van der Waals surface area contributed by atoms with Gasteiger partial charge >= 0.3 is 0 Å². The van der Waals surface area contributed by atoms with E-state index >= 15 is 0 Å². The fraction of sp³-hybridized carbons (Fsp3) is 0.412. The molecule has 0 radical (unpaired) electrons. The number of hydrogen-bond acceptors (Lipinski definition) is 5. The molecule has 7 nitrogen and oxygen atoms in total. The Bertz CT molecular complexity index is 854. The zero-order chi connectivity index (χ0) is 17.1. The molecule has 0 spiro atoms. The Kier molecular flexibility index (Phi) is 3.23. The molecule has 1 aromatic heterocycles. The van der Waals surface area contributed by atoms with Crippen molar-refractivity contribution in [2.75, 3.05) is 4.90 Å². The highest BCUT2D eigenvalue weighted by Gasteiger charge is 2.63. The van der Waals surface area contributed by atoms with E-state index in [1.54, 1.807) is 10.7 Å². The number of benzene rings is 1. The van der Waals surface area contributed by atoms with E-state index in [9.17, 15) is 9.59 Å². The van der Waals surface area contributed by atoms with Gasteiger partial charge in [-0.25, -0.2) is 9.58 Å². The maximum Gasteiger partial charge on any atom is 0.258 e. The third-order valence-electron chi connectivity index (χ3n) is 5.30. The van der Waals surface area contributed by atoms with Crippen LogP contribution in [0.25, 0.3) is 0 Å². The van der Waals surface area contributed by atoms with E-state index in [4.69, 9.17) is 16.3 Å². The lowest BCUT2D eigenvalue weighted by molar-refractivity contribution is -0.124. The predicted octanol–water partition coefficient (Wildman–Crippen LogP) is 1.65. The highest BCUT2D eigenvalue weighted by atomic mass is 35.5. The summed E-state index contributed by atoms with van der Waals surface area (Å²) in [6.45, 7) is 0.421. The van der Waals surface area contributed by atoms with E-state index in [0.29, 0.717) is 11.6 Å². The van der Waals surface area contributed by atoms with E-state index < -0.39 is 0 Å². The second-order valence-electron chi connectivity index (χ2n) is 6.69. The number of nitrogens with zero attached hydrogens (tertiary/aromatic N) is 4. The van der Waals surface area contributed by atoms with Crippen molar-refractivity contribution in [1.82, 2.24) is 14.8 Å². The number of aromatic nitrogens is 3. The number of rotatable bonds is 3. The molecule has 8 heteroatoms. The van der Waals surface area contributed by atoms with Crippen molar-refractivity contribution in [2.45, 2.75) is 31.6 Å². The highest BCUT2D eigenvalue weighted by Crippen LogP contribution is 2.48. The van der Waals surface area contributed by atoms with Crippen molar-refractivity contribution in [1.29, 1.82) is 0 Å². The molecule has 2 aromatic rings. The summed E-state index contributed by atoms with van der Waals surface area (Å²) in [5.74, 6) is -1.09. The lowest BCUT2D eigenvalue weighted by Gasteiger charge is -2.14. The molecule has 1 aromatic carbocycles. The van der Waals surface area contributed by atoms with E-state index in [1.807, 2.05) is 18.2 Å². The Hall–Kier alpha value is -2.25. The zero-order valence-electron chi connectivity index (χ0n) is 13.2. The summed E-state index contributed by atoms with van der Waals surface area (Å²) in [6.07, 6.45) is 2.92. The summed E-state index contributed by atoms with van der Waals surface area (Å²) in [4.78, 5) is 30.8. The molecule has 3 saturated heterocycles.